The molecule has 98 valence electrons. The van der Waals surface area contributed by atoms with E-state index in [4.69, 9.17) is 4.55 Å². The van der Waals surface area contributed by atoms with Gasteiger partial charge in [-0.1, -0.05) is 0 Å². The summed E-state index contributed by atoms with van der Waals surface area (Å²) in [4.78, 5) is 4.51. The molecule has 0 saturated heterocycles. The van der Waals surface area contributed by atoms with Crippen molar-refractivity contribution < 1.29 is 13.0 Å². The molecule has 0 fully saturated rings. The van der Waals surface area contributed by atoms with Crippen molar-refractivity contribution in [3.05, 3.63) is 36.4 Å². The van der Waals surface area contributed by atoms with Crippen LogP contribution in [0.4, 0.5) is 0 Å². The molecule has 3 rings (SSSR count). The van der Waals surface area contributed by atoms with Crippen LogP contribution < -0.4 is 0 Å². The first-order chi connectivity index (χ1) is 8.97. The van der Waals surface area contributed by atoms with Crippen LogP contribution >= 0.6 is 0 Å². The maximum atomic E-state index is 11.1. The van der Waals surface area contributed by atoms with Gasteiger partial charge in [-0.25, -0.2) is 0 Å². The fraction of sp³-hybridized carbons (Fsp3) is 0.0833. The molecule has 0 aliphatic carbocycles. The van der Waals surface area contributed by atoms with Crippen molar-refractivity contribution in [3.63, 3.8) is 0 Å². The van der Waals surface area contributed by atoms with Crippen LogP contribution in [0.3, 0.4) is 0 Å². The molecule has 3 aromatic rings. The molecular weight excluding hydrogens is 331 g/mol. The number of nitrogens with zero attached hydrogens (tertiary/aromatic N) is 2. The van der Waals surface area contributed by atoms with Gasteiger partial charge in [0.25, 0.3) is 0 Å². The summed E-state index contributed by atoms with van der Waals surface area (Å²) < 4.78 is 34.1. The first-order valence-electron chi connectivity index (χ1n) is 5.46. The Balaban J connectivity index is 2.20. The number of rotatable bonds is 2. The summed E-state index contributed by atoms with van der Waals surface area (Å²) in [5.41, 5.74) is 1.87. The molecule has 0 saturated carbocycles. The number of aryl methyl sites for hydroxylation is 1. The van der Waals surface area contributed by atoms with Crippen LogP contribution in [0, 0.1) is 0 Å². The second-order valence-electron chi connectivity index (χ2n) is 4.08. The first kappa shape index (κ1) is 12.6. The van der Waals surface area contributed by atoms with Crippen molar-refractivity contribution in [2.24, 2.45) is 7.05 Å². The van der Waals surface area contributed by atoms with Gasteiger partial charge in [0, 0.05) is 0 Å². The van der Waals surface area contributed by atoms with Crippen molar-refractivity contribution in [3.8, 4) is 10.3 Å². The standard InChI is InChI=1S/C12H10N2O3SSe/c1-14-9-5-3-2-4-8(9)13-12(14)10-6-7-11(19-10)18(15,16)17/h2-7H,1H3,(H,15,16,17). The molecule has 1 aromatic carbocycles. The zero-order valence-corrected chi connectivity index (χ0v) is 12.5. The summed E-state index contributed by atoms with van der Waals surface area (Å²) in [5, 5.41) is 0. The number of benzene rings is 1. The maximum absolute atomic E-state index is 11.1. The molecule has 0 aliphatic rings. The van der Waals surface area contributed by atoms with E-state index >= 15 is 0 Å². The molecule has 0 bridgehead atoms. The molecule has 7 heteroatoms. The van der Waals surface area contributed by atoms with Crippen molar-refractivity contribution in [2.75, 3.05) is 0 Å². The summed E-state index contributed by atoms with van der Waals surface area (Å²) >= 11 is -0.442. The third-order valence-electron chi connectivity index (χ3n) is 2.84. The van der Waals surface area contributed by atoms with Gasteiger partial charge in [-0.05, 0) is 0 Å². The topological polar surface area (TPSA) is 72.2 Å². The quantitative estimate of drug-likeness (QED) is 0.567. The summed E-state index contributed by atoms with van der Waals surface area (Å²) in [7, 11) is -2.19. The van der Waals surface area contributed by atoms with E-state index in [1.54, 1.807) is 6.07 Å². The summed E-state index contributed by atoms with van der Waals surface area (Å²) in [5.74, 6) is 0.746. The summed E-state index contributed by atoms with van der Waals surface area (Å²) in [6.07, 6.45) is 0. The molecule has 0 amide bonds. The predicted molar refractivity (Wildman–Crippen MR) is 72.9 cm³/mol. The van der Waals surface area contributed by atoms with Crippen LogP contribution in [0.25, 0.3) is 21.3 Å². The average molecular weight is 341 g/mol. The van der Waals surface area contributed by atoms with Crippen LogP contribution in [0.2, 0.25) is 0 Å². The van der Waals surface area contributed by atoms with Gasteiger partial charge in [-0.15, -0.1) is 0 Å². The molecule has 5 nitrogen and oxygen atoms in total. The minimum absolute atomic E-state index is 0.0713. The fourth-order valence-corrected chi connectivity index (χ4v) is 5.02. The number of imidazole rings is 1. The zero-order chi connectivity index (χ0) is 13.6. The predicted octanol–water partition coefficient (Wildman–Crippen LogP) is 1.54. The monoisotopic (exact) mass is 342 g/mol. The Kier molecular flexibility index (Phi) is 2.87. The van der Waals surface area contributed by atoms with E-state index in [0.717, 1.165) is 21.3 Å². The number of hydrogen-bond donors (Lipinski definition) is 1. The Morgan fingerprint density at radius 3 is 2.58 bits per heavy atom. The zero-order valence-electron chi connectivity index (χ0n) is 9.94. The van der Waals surface area contributed by atoms with E-state index in [1.807, 2.05) is 35.9 Å². The van der Waals surface area contributed by atoms with E-state index in [1.165, 1.54) is 6.07 Å². The number of aromatic nitrogens is 2. The molecular formula is C12H10N2O3SSe. The van der Waals surface area contributed by atoms with E-state index in [9.17, 15) is 8.42 Å². The average Bonchev–Trinajstić information content (AvgIpc) is 2.94. The Hall–Kier alpha value is -1.40. The van der Waals surface area contributed by atoms with Gasteiger partial charge in [0.2, 0.25) is 0 Å². The van der Waals surface area contributed by atoms with Gasteiger partial charge in [0.05, 0.1) is 0 Å². The third kappa shape index (κ3) is 2.15. The molecule has 0 radical (unpaired) electrons. The Bertz CT molecular complexity index is 864. The van der Waals surface area contributed by atoms with Crippen LogP contribution in [0.5, 0.6) is 0 Å². The first-order valence-corrected chi connectivity index (χ1v) is 8.61. The molecule has 2 aromatic heterocycles. The van der Waals surface area contributed by atoms with Crippen LogP contribution in [-0.2, 0) is 17.2 Å². The molecule has 0 unspecified atom stereocenters. The van der Waals surface area contributed by atoms with E-state index in [-0.39, 0.29) is 3.77 Å². The number of fused-ring (bicyclic) bond motifs is 1. The van der Waals surface area contributed by atoms with E-state index < -0.39 is 24.6 Å². The summed E-state index contributed by atoms with van der Waals surface area (Å²) in [6, 6.07) is 10.9. The van der Waals surface area contributed by atoms with Gasteiger partial charge >= 0.3 is 116 Å². The molecule has 2 heterocycles. The van der Waals surface area contributed by atoms with Crippen LogP contribution in [0.15, 0.2) is 40.2 Å². The molecule has 1 N–H and O–H groups in total. The SMILES string of the molecule is Cn1c(-c2ccc(S(=O)(=O)O)[se]2)nc2ccccc21. The number of para-hydroxylation sites is 2. The van der Waals surface area contributed by atoms with E-state index in [0.29, 0.717) is 0 Å². The molecule has 0 spiro atoms. The molecule has 0 atom stereocenters. The van der Waals surface area contributed by atoms with Gasteiger partial charge in [0.15, 0.2) is 0 Å². The Morgan fingerprint density at radius 2 is 1.95 bits per heavy atom. The minimum atomic E-state index is -4.09. The Labute approximate surface area is 116 Å². The van der Waals surface area contributed by atoms with Crippen molar-refractivity contribution >= 4 is 35.7 Å². The second kappa shape index (κ2) is 4.31. The molecule has 19 heavy (non-hydrogen) atoms. The number of hydrogen-bond acceptors (Lipinski definition) is 3. The van der Waals surface area contributed by atoms with Crippen LogP contribution in [-0.4, -0.2) is 37.0 Å². The third-order valence-corrected chi connectivity index (χ3v) is 7.08. The van der Waals surface area contributed by atoms with E-state index in [2.05, 4.69) is 4.98 Å². The second-order valence-corrected chi connectivity index (χ2v) is 8.32. The Morgan fingerprint density at radius 1 is 1.21 bits per heavy atom. The van der Waals surface area contributed by atoms with Crippen molar-refractivity contribution in [1.82, 2.24) is 9.55 Å². The summed E-state index contributed by atoms with van der Waals surface area (Å²) in [6.45, 7) is 0. The van der Waals surface area contributed by atoms with Crippen molar-refractivity contribution in [1.29, 1.82) is 0 Å². The van der Waals surface area contributed by atoms with Crippen molar-refractivity contribution in [2.45, 2.75) is 3.77 Å². The normalized spacial score (nSPS) is 12.1. The molecule has 0 aliphatic heterocycles. The fourth-order valence-electron chi connectivity index (χ4n) is 1.94. The van der Waals surface area contributed by atoms with Gasteiger partial charge in [-0.3, -0.25) is 0 Å². The van der Waals surface area contributed by atoms with Crippen LogP contribution in [0.1, 0.15) is 0 Å². The van der Waals surface area contributed by atoms with Gasteiger partial charge in [0.1, 0.15) is 0 Å². The van der Waals surface area contributed by atoms with Gasteiger partial charge < -0.3 is 0 Å². The van der Waals surface area contributed by atoms with Gasteiger partial charge in [-0.2, -0.15) is 0 Å².